The quantitative estimate of drug-likeness (QED) is 0.335. The third-order valence-corrected chi connectivity index (χ3v) is 3.43. The molecule has 1 unspecified atom stereocenters. The molecule has 2 rings (SSSR count). The summed E-state index contributed by atoms with van der Waals surface area (Å²) in [7, 11) is 0. The van der Waals surface area contributed by atoms with Gasteiger partial charge in [-0.2, -0.15) is 0 Å². The molecule has 4 N–H and O–H groups in total. The molecule has 0 aliphatic heterocycles. The zero-order valence-electron chi connectivity index (χ0n) is 9.51. The van der Waals surface area contributed by atoms with Crippen LogP contribution in [0.5, 0.6) is 0 Å². The molecule has 1 saturated carbocycles. The lowest BCUT2D eigenvalue weighted by Gasteiger charge is -2.16. The number of hydrogen-bond donors (Lipinski definition) is 3. The number of carbonyl (C=O) groups is 1. The van der Waals surface area contributed by atoms with Crippen LogP contribution in [0.4, 0.5) is 0 Å². The number of hydrogen-bond acceptors (Lipinski definition) is 4. The number of carbonyl (C=O) groups excluding carboxylic acids is 1. The molecule has 0 saturated heterocycles. The van der Waals surface area contributed by atoms with Crippen LogP contribution in [-0.4, -0.2) is 28.0 Å². The highest BCUT2D eigenvalue weighted by atomic mass is 79.9. The van der Waals surface area contributed by atoms with Crippen molar-refractivity contribution in [3.8, 4) is 0 Å². The Balaban J connectivity index is 2.12. The van der Waals surface area contributed by atoms with Gasteiger partial charge in [0.05, 0.1) is 6.04 Å². The molecule has 7 heteroatoms. The molecule has 1 fully saturated rings. The summed E-state index contributed by atoms with van der Waals surface area (Å²) in [4.78, 5) is 16.0. The summed E-state index contributed by atoms with van der Waals surface area (Å²) in [5.41, 5.74) is 5.86. The van der Waals surface area contributed by atoms with Crippen molar-refractivity contribution in [2.75, 3.05) is 0 Å². The van der Waals surface area contributed by atoms with E-state index in [2.05, 4.69) is 31.4 Å². The molecule has 1 amide bonds. The number of nitrogens with one attached hydrogen (secondary N) is 1. The average molecular weight is 313 g/mol. The Labute approximate surface area is 112 Å². The van der Waals surface area contributed by atoms with Crippen LogP contribution in [0.25, 0.3) is 0 Å². The molecule has 1 atom stereocenters. The summed E-state index contributed by atoms with van der Waals surface area (Å²) >= 11 is 3.26. The van der Waals surface area contributed by atoms with Crippen LogP contribution in [-0.2, 0) is 0 Å². The Hall–Kier alpha value is -1.63. The summed E-state index contributed by atoms with van der Waals surface area (Å²) in [6.07, 6.45) is 3.46. The fraction of sp³-hybridized carbons (Fsp3) is 0.364. The number of nitrogens with zero attached hydrogens (tertiary/aromatic N) is 2. The largest absolute Gasteiger partial charge is 0.409 e. The summed E-state index contributed by atoms with van der Waals surface area (Å²) in [6, 6.07) is 3.02. The second-order valence-corrected chi connectivity index (χ2v) is 5.00. The van der Waals surface area contributed by atoms with Gasteiger partial charge < -0.3 is 16.3 Å². The maximum atomic E-state index is 12.0. The Kier molecular flexibility index (Phi) is 3.81. The number of amidine groups is 1. The van der Waals surface area contributed by atoms with Crippen LogP contribution in [0.2, 0.25) is 0 Å². The van der Waals surface area contributed by atoms with Crippen LogP contribution in [0.3, 0.4) is 0 Å². The monoisotopic (exact) mass is 312 g/mol. The van der Waals surface area contributed by atoms with Gasteiger partial charge in [-0.1, -0.05) is 5.16 Å². The van der Waals surface area contributed by atoms with Gasteiger partial charge in [-0.15, -0.1) is 0 Å². The van der Waals surface area contributed by atoms with Gasteiger partial charge in [0.15, 0.2) is 5.84 Å². The predicted molar refractivity (Wildman–Crippen MR) is 69.3 cm³/mol. The van der Waals surface area contributed by atoms with Crippen LogP contribution in [0.1, 0.15) is 23.3 Å². The van der Waals surface area contributed by atoms with Crippen molar-refractivity contribution in [2.24, 2.45) is 16.8 Å². The van der Waals surface area contributed by atoms with Crippen molar-refractivity contribution in [1.82, 2.24) is 10.3 Å². The highest BCUT2D eigenvalue weighted by Gasteiger charge is 2.35. The first kappa shape index (κ1) is 12.8. The summed E-state index contributed by atoms with van der Waals surface area (Å²) in [6.45, 7) is 0. The number of rotatable bonds is 4. The normalized spacial score (nSPS) is 17.3. The third-order valence-electron chi connectivity index (χ3n) is 2.79. The van der Waals surface area contributed by atoms with Crippen molar-refractivity contribution >= 4 is 27.7 Å². The maximum absolute atomic E-state index is 12.0. The lowest BCUT2D eigenvalue weighted by molar-refractivity contribution is 0.0937. The molecular formula is C11H13BrN4O2. The van der Waals surface area contributed by atoms with Gasteiger partial charge in [0.2, 0.25) is 0 Å². The molecule has 18 heavy (non-hydrogen) atoms. The van der Waals surface area contributed by atoms with Crippen LogP contribution in [0.15, 0.2) is 28.0 Å². The van der Waals surface area contributed by atoms with E-state index in [-0.39, 0.29) is 23.4 Å². The van der Waals surface area contributed by atoms with Crippen LogP contribution in [0, 0.1) is 5.92 Å². The van der Waals surface area contributed by atoms with E-state index in [1.54, 1.807) is 12.1 Å². The fourth-order valence-corrected chi connectivity index (χ4v) is 2.12. The molecule has 1 heterocycles. The zero-order valence-corrected chi connectivity index (χ0v) is 11.1. The standard InChI is InChI=1S/C11H13BrN4O2/c12-7-2-1-5-14-9(7)11(17)15-8(6-3-4-6)10(13)16-18/h1-2,5-6,8,18H,3-4H2,(H2,13,16)(H,15,17). The Bertz CT molecular complexity index is 488. The second-order valence-electron chi connectivity index (χ2n) is 4.15. The molecule has 0 radical (unpaired) electrons. The van der Waals surface area contributed by atoms with Crippen molar-refractivity contribution in [1.29, 1.82) is 0 Å². The minimum absolute atomic E-state index is 0.0258. The van der Waals surface area contributed by atoms with Gasteiger partial charge in [0, 0.05) is 10.7 Å². The molecule has 1 aromatic rings. The van der Waals surface area contributed by atoms with Gasteiger partial charge in [-0.3, -0.25) is 4.79 Å². The van der Waals surface area contributed by atoms with E-state index in [0.717, 1.165) is 12.8 Å². The number of pyridine rings is 1. The molecule has 0 spiro atoms. The van der Waals surface area contributed by atoms with Crippen molar-refractivity contribution in [3.63, 3.8) is 0 Å². The minimum atomic E-state index is -0.434. The van der Waals surface area contributed by atoms with Crippen molar-refractivity contribution in [2.45, 2.75) is 18.9 Å². The molecule has 96 valence electrons. The molecule has 0 aromatic carbocycles. The first-order valence-electron chi connectivity index (χ1n) is 5.52. The fourth-order valence-electron chi connectivity index (χ4n) is 1.69. The zero-order chi connectivity index (χ0) is 13.1. The molecule has 0 bridgehead atoms. The van der Waals surface area contributed by atoms with E-state index in [0.29, 0.717) is 4.47 Å². The molecular weight excluding hydrogens is 300 g/mol. The van der Waals surface area contributed by atoms with Gasteiger partial charge in [-0.05, 0) is 46.8 Å². The third kappa shape index (κ3) is 2.79. The lowest BCUT2D eigenvalue weighted by atomic mass is 10.1. The topological polar surface area (TPSA) is 101 Å². The first-order valence-corrected chi connectivity index (χ1v) is 6.31. The molecule has 6 nitrogen and oxygen atoms in total. The van der Waals surface area contributed by atoms with E-state index < -0.39 is 6.04 Å². The van der Waals surface area contributed by atoms with E-state index >= 15 is 0 Å². The predicted octanol–water partition coefficient (Wildman–Crippen LogP) is 1.10. The van der Waals surface area contributed by atoms with Crippen molar-refractivity contribution < 1.29 is 10.0 Å². The van der Waals surface area contributed by atoms with E-state index in [4.69, 9.17) is 10.9 Å². The van der Waals surface area contributed by atoms with Crippen LogP contribution >= 0.6 is 15.9 Å². The summed E-state index contributed by atoms with van der Waals surface area (Å²) < 4.78 is 0.608. The smallest absolute Gasteiger partial charge is 0.271 e. The average Bonchev–Trinajstić information content (AvgIpc) is 3.19. The summed E-state index contributed by atoms with van der Waals surface area (Å²) in [5, 5.41) is 14.4. The van der Waals surface area contributed by atoms with Gasteiger partial charge in [0.1, 0.15) is 5.69 Å². The number of oxime groups is 1. The van der Waals surface area contributed by atoms with Gasteiger partial charge >= 0.3 is 0 Å². The van der Waals surface area contributed by atoms with E-state index in [1.165, 1.54) is 6.20 Å². The molecule has 1 aromatic heterocycles. The molecule has 1 aliphatic rings. The van der Waals surface area contributed by atoms with Crippen LogP contribution < -0.4 is 11.1 Å². The number of halogens is 1. The lowest BCUT2D eigenvalue weighted by Crippen LogP contribution is -2.46. The SMILES string of the molecule is N/C(=N/O)C(NC(=O)c1ncccc1Br)C1CC1. The number of amides is 1. The van der Waals surface area contributed by atoms with Crippen molar-refractivity contribution in [3.05, 3.63) is 28.5 Å². The Morgan fingerprint density at radius 2 is 2.39 bits per heavy atom. The Morgan fingerprint density at radius 3 is 2.94 bits per heavy atom. The van der Waals surface area contributed by atoms with Gasteiger partial charge in [0.25, 0.3) is 5.91 Å². The van der Waals surface area contributed by atoms with E-state index in [9.17, 15) is 4.79 Å². The second kappa shape index (κ2) is 5.34. The van der Waals surface area contributed by atoms with Gasteiger partial charge in [-0.25, -0.2) is 4.98 Å². The van der Waals surface area contributed by atoms with E-state index in [1.807, 2.05) is 0 Å². The summed E-state index contributed by atoms with van der Waals surface area (Å²) in [5.74, 6) is -0.0729. The highest BCUT2D eigenvalue weighted by molar-refractivity contribution is 9.10. The first-order chi connectivity index (χ1) is 8.63. The Morgan fingerprint density at radius 1 is 1.67 bits per heavy atom. The minimum Gasteiger partial charge on any atom is -0.409 e. The number of nitrogens with two attached hydrogens (primary N) is 1. The maximum Gasteiger partial charge on any atom is 0.271 e. The number of aromatic nitrogens is 1. The highest BCUT2D eigenvalue weighted by Crippen LogP contribution is 2.33. The molecule has 1 aliphatic carbocycles.